The molecule has 0 saturated carbocycles. The smallest absolute Gasteiger partial charge is 0.261 e. The summed E-state index contributed by atoms with van der Waals surface area (Å²) < 4.78 is 10.8. The quantitative estimate of drug-likeness (QED) is 0.699. The predicted octanol–water partition coefficient (Wildman–Crippen LogP) is 3.19. The minimum atomic E-state index is -0.0319. The van der Waals surface area contributed by atoms with Gasteiger partial charge in [-0.15, -0.1) is 0 Å². The van der Waals surface area contributed by atoms with Crippen LogP contribution >= 0.6 is 0 Å². The number of H-pyrrole nitrogens is 1. The number of rotatable bonds is 6. The lowest BCUT2D eigenvalue weighted by molar-refractivity contribution is 0.0632. The Labute approximate surface area is 171 Å². The monoisotopic (exact) mass is 393 g/mol. The van der Waals surface area contributed by atoms with Gasteiger partial charge in [0.05, 0.1) is 14.2 Å². The zero-order chi connectivity index (χ0) is 20.2. The predicted molar refractivity (Wildman–Crippen MR) is 114 cm³/mol. The topological polar surface area (TPSA) is 57.8 Å². The Morgan fingerprint density at radius 3 is 2.34 bits per heavy atom. The fraction of sp³-hybridized carbons (Fsp3) is 0.348. The average Bonchev–Trinajstić information content (AvgIpc) is 3.20. The summed E-state index contributed by atoms with van der Waals surface area (Å²) in [4.78, 5) is 20.8. The molecule has 2 aromatic carbocycles. The van der Waals surface area contributed by atoms with Gasteiger partial charge in [-0.2, -0.15) is 0 Å². The van der Waals surface area contributed by atoms with Crippen LogP contribution in [0.5, 0.6) is 11.5 Å². The summed E-state index contributed by atoms with van der Waals surface area (Å²) in [6.07, 6.45) is 3.11. The summed E-state index contributed by atoms with van der Waals surface area (Å²) in [5.74, 6) is 1.07. The number of fused-ring (bicyclic) bond motifs is 1. The Kier molecular flexibility index (Phi) is 5.71. The van der Waals surface area contributed by atoms with Crippen molar-refractivity contribution in [3.63, 3.8) is 0 Å². The Hall–Kier alpha value is -2.99. The van der Waals surface area contributed by atoms with Crippen molar-refractivity contribution in [1.82, 2.24) is 14.8 Å². The molecule has 29 heavy (non-hydrogen) atoms. The molecule has 1 aromatic heterocycles. The minimum Gasteiger partial charge on any atom is -0.496 e. The number of benzene rings is 2. The highest BCUT2D eigenvalue weighted by molar-refractivity contribution is 5.99. The molecule has 1 aliphatic rings. The van der Waals surface area contributed by atoms with Crippen LogP contribution in [0.1, 0.15) is 15.9 Å². The maximum absolute atomic E-state index is 13.1. The third kappa shape index (κ3) is 3.93. The van der Waals surface area contributed by atoms with E-state index in [2.05, 4.69) is 40.3 Å². The number of para-hydroxylation sites is 1. The maximum Gasteiger partial charge on any atom is 0.261 e. The molecule has 152 valence electrons. The SMILES string of the molecule is COc1cccc(OC)c1C(=O)N1CCN(CCc2c[nH]c3ccccc23)CC1. The highest BCUT2D eigenvalue weighted by Crippen LogP contribution is 2.30. The number of aromatic nitrogens is 1. The van der Waals surface area contributed by atoms with E-state index in [-0.39, 0.29) is 5.91 Å². The van der Waals surface area contributed by atoms with E-state index in [0.29, 0.717) is 30.2 Å². The lowest BCUT2D eigenvalue weighted by Crippen LogP contribution is -2.49. The summed E-state index contributed by atoms with van der Waals surface area (Å²) >= 11 is 0. The highest BCUT2D eigenvalue weighted by Gasteiger charge is 2.27. The number of aromatic amines is 1. The fourth-order valence-electron chi connectivity index (χ4n) is 4.01. The molecule has 0 bridgehead atoms. The van der Waals surface area contributed by atoms with Gasteiger partial charge in [0.1, 0.15) is 17.1 Å². The Morgan fingerprint density at radius 2 is 1.66 bits per heavy atom. The molecule has 6 heteroatoms. The summed E-state index contributed by atoms with van der Waals surface area (Å²) in [7, 11) is 3.16. The third-order valence-corrected chi connectivity index (χ3v) is 5.67. The molecular formula is C23H27N3O3. The van der Waals surface area contributed by atoms with E-state index < -0.39 is 0 Å². The Balaban J connectivity index is 1.37. The zero-order valence-corrected chi connectivity index (χ0v) is 17.0. The van der Waals surface area contributed by atoms with Gasteiger partial charge in [-0.3, -0.25) is 9.69 Å². The molecule has 0 unspecified atom stereocenters. The van der Waals surface area contributed by atoms with E-state index in [0.717, 1.165) is 26.1 Å². The van der Waals surface area contributed by atoms with Gasteiger partial charge in [0.2, 0.25) is 0 Å². The molecule has 1 saturated heterocycles. The molecule has 2 heterocycles. The van der Waals surface area contributed by atoms with Crippen LogP contribution in [0.25, 0.3) is 10.9 Å². The van der Waals surface area contributed by atoms with Gasteiger partial charge in [0, 0.05) is 49.8 Å². The standard InChI is InChI=1S/C23H27N3O3/c1-28-20-8-5-9-21(29-2)22(20)23(27)26-14-12-25(13-15-26)11-10-17-16-24-19-7-4-3-6-18(17)19/h3-9,16,24H,10-15H2,1-2H3. The molecule has 1 fully saturated rings. The van der Waals surface area contributed by atoms with Gasteiger partial charge in [0.25, 0.3) is 5.91 Å². The maximum atomic E-state index is 13.1. The van der Waals surface area contributed by atoms with Gasteiger partial charge >= 0.3 is 0 Å². The number of methoxy groups -OCH3 is 2. The number of piperazine rings is 1. The van der Waals surface area contributed by atoms with Crippen molar-refractivity contribution in [3.8, 4) is 11.5 Å². The molecule has 0 atom stereocenters. The van der Waals surface area contributed by atoms with Crippen molar-refractivity contribution in [2.24, 2.45) is 0 Å². The second-order valence-electron chi connectivity index (χ2n) is 7.28. The van der Waals surface area contributed by atoms with Crippen LogP contribution in [0.3, 0.4) is 0 Å². The number of nitrogens with zero attached hydrogens (tertiary/aromatic N) is 2. The van der Waals surface area contributed by atoms with Crippen LogP contribution in [-0.4, -0.2) is 67.6 Å². The van der Waals surface area contributed by atoms with E-state index in [1.807, 2.05) is 11.0 Å². The Morgan fingerprint density at radius 1 is 0.966 bits per heavy atom. The third-order valence-electron chi connectivity index (χ3n) is 5.67. The van der Waals surface area contributed by atoms with Gasteiger partial charge in [-0.1, -0.05) is 24.3 Å². The number of hydrogen-bond acceptors (Lipinski definition) is 4. The summed E-state index contributed by atoms with van der Waals surface area (Å²) in [6, 6.07) is 13.8. The second kappa shape index (κ2) is 8.57. The van der Waals surface area contributed by atoms with Crippen LogP contribution in [0.2, 0.25) is 0 Å². The van der Waals surface area contributed by atoms with Crippen LogP contribution in [0.4, 0.5) is 0 Å². The van der Waals surface area contributed by atoms with Crippen molar-refractivity contribution in [1.29, 1.82) is 0 Å². The first kappa shape index (κ1) is 19.3. The van der Waals surface area contributed by atoms with Gasteiger partial charge in [-0.05, 0) is 30.2 Å². The zero-order valence-electron chi connectivity index (χ0n) is 17.0. The summed E-state index contributed by atoms with van der Waals surface area (Å²) in [5, 5.41) is 1.30. The Bertz CT molecular complexity index is 968. The number of nitrogens with one attached hydrogen (secondary N) is 1. The molecule has 1 N–H and O–H groups in total. The van der Waals surface area contributed by atoms with Crippen LogP contribution in [0.15, 0.2) is 48.7 Å². The average molecular weight is 393 g/mol. The molecule has 0 radical (unpaired) electrons. The molecule has 6 nitrogen and oxygen atoms in total. The van der Waals surface area contributed by atoms with Crippen molar-refractivity contribution >= 4 is 16.8 Å². The lowest BCUT2D eigenvalue weighted by Gasteiger charge is -2.35. The molecule has 1 aliphatic heterocycles. The lowest BCUT2D eigenvalue weighted by atomic mass is 10.1. The van der Waals surface area contributed by atoms with Crippen molar-refractivity contribution in [2.45, 2.75) is 6.42 Å². The normalized spacial score (nSPS) is 14.9. The number of ether oxygens (including phenoxy) is 2. The molecule has 0 spiro atoms. The van der Waals surface area contributed by atoms with Crippen LogP contribution < -0.4 is 9.47 Å². The first-order valence-corrected chi connectivity index (χ1v) is 9.99. The number of hydrogen-bond donors (Lipinski definition) is 1. The van der Waals surface area contributed by atoms with Crippen molar-refractivity contribution in [2.75, 3.05) is 46.9 Å². The van der Waals surface area contributed by atoms with Gasteiger partial charge < -0.3 is 19.4 Å². The molecule has 0 aliphatic carbocycles. The largest absolute Gasteiger partial charge is 0.496 e. The van der Waals surface area contributed by atoms with Gasteiger partial charge in [-0.25, -0.2) is 0 Å². The fourth-order valence-corrected chi connectivity index (χ4v) is 4.01. The number of carbonyl (C=O) groups excluding carboxylic acids is 1. The molecule has 1 amide bonds. The minimum absolute atomic E-state index is 0.0319. The van der Waals surface area contributed by atoms with Crippen molar-refractivity contribution < 1.29 is 14.3 Å². The second-order valence-corrected chi connectivity index (χ2v) is 7.28. The van der Waals surface area contributed by atoms with Gasteiger partial charge in [0.15, 0.2) is 0 Å². The number of carbonyl (C=O) groups is 1. The van der Waals surface area contributed by atoms with E-state index >= 15 is 0 Å². The summed E-state index contributed by atoms with van der Waals surface area (Å²) in [6.45, 7) is 4.13. The van der Waals surface area contributed by atoms with Crippen LogP contribution in [0, 0.1) is 0 Å². The molecule has 3 aromatic rings. The summed E-state index contributed by atoms with van der Waals surface area (Å²) in [5.41, 5.74) is 3.03. The van der Waals surface area contributed by atoms with Crippen LogP contribution in [-0.2, 0) is 6.42 Å². The highest BCUT2D eigenvalue weighted by atomic mass is 16.5. The first-order chi connectivity index (χ1) is 14.2. The molecule has 4 rings (SSSR count). The van der Waals surface area contributed by atoms with E-state index in [9.17, 15) is 4.79 Å². The van der Waals surface area contributed by atoms with E-state index in [1.165, 1.54) is 16.5 Å². The van der Waals surface area contributed by atoms with E-state index in [4.69, 9.17) is 9.47 Å². The number of amides is 1. The molecular weight excluding hydrogens is 366 g/mol. The van der Waals surface area contributed by atoms with E-state index in [1.54, 1.807) is 26.4 Å². The first-order valence-electron chi connectivity index (χ1n) is 9.99. The van der Waals surface area contributed by atoms with Crippen molar-refractivity contribution in [3.05, 3.63) is 59.8 Å².